The zero-order valence-electron chi connectivity index (χ0n) is 11.7. The van der Waals surface area contributed by atoms with Crippen molar-refractivity contribution in [2.45, 2.75) is 13.8 Å². The Labute approximate surface area is 128 Å². The summed E-state index contributed by atoms with van der Waals surface area (Å²) in [6.45, 7) is 3.49. The molecular formula is C14H10ClN3O4. The average Bonchev–Trinajstić information content (AvgIpc) is 2.81. The van der Waals surface area contributed by atoms with Crippen LogP contribution in [0.5, 0.6) is 0 Å². The van der Waals surface area contributed by atoms with E-state index in [1.54, 1.807) is 13.8 Å². The third-order valence-corrected chi connectivity index (χ3v) is 3.83. The van der Waals surface area contributed by atoms with Crippen molar-refractivity contribution >= 4 is 28.4 Å². The Morgan fingerprint density at radius 1 is 1.27 bits per heavy atom. The molecule has 0 atom stereocenters. The second-order valence-electron chi connectivity index (χ2n) is 4.78. The number of fused-ring (bicyclic) bond motifs is 1. The molecule has 3 rings (SSSR count). The van der Waals surface area contributed by atoms with Crippen molar-refractivity contribution in [2.24, 2.45) is 0 Å². The Kier molecular flexibility index (Phi) is 3.22. The number of aromatic nitrogens is 2. The van der Waals surface area contributed by atoms with E-state index in [0.29, 0.717) is 22.3 Å². The Bertz CT molecular complexity index is 957. The summed E-state index contributed by atoms with van der Waals surface area (Å²) in [5.74, 6) is 0. The van der Waals surface area contributed by atoms with E-state index < -0.39 is 10.5 Å². The Morgan fingerprint density at radius 3 is 2.50 bits per heavy atom. The molecule has 0 aliphatic rings. The van der Waals surface area contributed by atoms with Crippen LogP contribution in [0.4, 0.5) is 5.69 Å². The summed E-state index contributed by atoms with van der Waals surface area (Å²) in [5.41, 5.74) is 1.38. The number of non-ortho nitro benzene ring substituents is 1. The van der Waals surface area contributed by atoms with Crippen LogP contribution in [-0.4, -0.2) is 14.7 Å². The predicted octanol–water partition coefficient (Wildman–Crippen LogP) is 3.16. The number of benzene rings is 1. The first-order chi connectivity index (χ1) is 10.4. The minimum atomic E-state index is -0.644. The fourth-order valence-corrected chi connectivity index (χ4v) is 2.45. The predicted molar refractivity (Wildman–Crippen MR) is 80.7 cm³/mol. The first-order valence-corrected chi connectivity index (χ1v) is 6.71. The molecule has 0 amide bonds. The van der Waals surface area contributed by atoms with Crippen molar-refractivity contribution in [3.05, 3.63) is 61.1 Å². The molecule has 0 N–H and O–H groups in total. The largest absolute Gasteiger partial charge is 0.402 e. The van der Waals surface area contributed by atoms with Crippen LogP contribution in [0.3, 0.4) is 0 Å². The van der Waals surface area contributed by atoms with E-state index in [9.17, 15) is 14.9 Å². The number of hydrogen-bond acceptors (Lipinski definition) is 5. The molecule has 0 unspecified atom stereocenters. The maximum Gasteiger partial charge on any atom is 0.356 e. The van der Waals surface area contributed by atoms with Crippen LogP contribution < -0.4 is 5.63 Å². The second-order valence-corrected chi connectivity index (χ2v) is 5.16. The maximum absolute atomic E-state index is 11.8. The van der Waals surface area contributed by atoms with Crippen molar-refractivity contribution in [3.8, 4) is 5.69 Å². The molecule has 2 heterocycles. The molecule has 8 heteroatoms. The lowest BCUT2D eigenvalue weighted by molar-refractivity contribution is -0.384. The number of aryl methyl sites for hydroxylation is 2. The van der Waals surface area contributed by atoms with Gasteiger partial charge in [0.05, 0.1) is 21.7 Å². The van der Waals surface area contributed by atoms with Gasteiger partial charge in [-0.25, -0.2) is 4.79 Å². The van der Waals surface area contributed by atoms with Crippen molar-refractivity contribution in [1.29, 1.82) is 0 Å². The van der Waals surface area contributed by atoms with Crippen molar-refractivity contribution in [3.63, 3.8) is 0 Å². The first kappa shape index (κ1) is 14.3. The molecular weight excluding hydrogens is 310 g/mol. The van der Waals surface area contributed by atoms with Gasteiger partial charge in [0.25, 0.3) is 5.69 Å². The fraction of sp³-hybridized carbons (Fsp3) is 0.143. The summed E-state index contributed by atoms with van der Waals surface area (Å²) in [6, 6.07) is 5.79. The monoisotopic (exact) mass is 319 g/mol. The number of hydrogen-bond donors (Lipinski definition) is 0. The van der Waals surface area contributed by atoms with Gasteiger partial charge in [-0.05, 0) is 31.5 Å². The van der Waals surface area contributed by atoms with Gasteiger partial charge in [-0.3, -0.25) is 10.1 Å². The van der Waals surface area contributed by atoms with Gasteiger partial charge in [-0.2, -0.15) is 9.78 Å². The normalized spacial score (nSPS) is 11.0. The molecule has 112 valence electrons. The van der Waals surface area contributed by atoms with Gasteiger partial charge in [-0.1, -0.05) is 11.6 Å². The van der Waals surface area contributed by atoms with E-state index in [0.717, 1.165) is 0 Å². The number of nitro benzene ring substituents is 1. The van der Waals surface area contributed by atoms with Gasteiger partial charge in [0.2, 0.25) is 5.71 Å². The summed E-state index contributed by atoms with van der Waals surface area (Å²) in [6.07, 6.45) is 0. The molecule has 0 radical (unpaired) electrons. The van der Waals surface area contributed by atoms with Crippen LogP contribution in [-0.2, 0) is 0 Å². The summed E-state index contributed by atoms with van der Waals surface area (Å²) >= 11 is 5.92. The summed E-state index contributed by atoms with van der Waals surface area (Å²) in [5, 5.41) is 15.7. The SMILES string of the molecule is Cc1nn(-c2ccc([N+](=O)[O-])cc2)c2oc(=O)c(Cl)c(C)c12. The summed E-state index contributed by atoms with van der Waals surface area (Å²) in [7, 11) is 0. The lowest BCUT2D eigenvalue weighted by Gasteiger charge is -2.03. The molecule has 22 heavy (non-hydrogen) atoms. The van der Waals surface area contributed by atoms with Gasteiger partial charge in [0.1, 0.15) is 5.02 Å². The zero-order chi connectivity index (χ0) is 16.0. The Balaban J connectivity index is 2.28. The van der Waals surface area contributed by atoms with E-state index >= 15 is 0 Å². The van der Waals surface area contributed by atoms with Crippen LogP contribution >= 0.6 is 11.6 Å². The van der Waals surface area contributed by atoms with E-state index in [2.05, 4.69) is 5.10 Å². The minimum absolute atomic E-state index is 0.0267. The molecule has 0 bridgehead atoms. The number of halogens is 1. The molecule has 0 saturated carbocycles. The molecule has 0 saturated heterocycles. The van der Waals surface area contributed by atoms with Gasteiger partial charge >= 0.3 is 5.63 Å². The maximum atomic E-state index is 11.8. The van der Waals surface area contributed by atoms with Gasteiger partial charge in [-0.15, -0.1) is 0 Å². The van der Waals surface area contributed by atoms with Crippen LogP contribution in [0.15, 0.2) is 33.5 Å². The highest BCUT2D eigenvalue weighted by atomic mass is 35.5. The average molecular weight is 320 g/mol. The fourth-order valence-electron chi connectivity index (χ4n) is 2.32. The first-order valence-electron chi connectivity index (χ1n) is 6.33. The number of nitrogens with zero attached hydrogens (tertiary/aromatic N) is 3. The smallest absolute Gasteiger partial charge is 0.356 e. The highest BCUT2D eigenvalue weighted by Gasteiger charge is 2.18. The van der Waals surface area contributed by atoms with Crippen LogP contribution in [0.1, 0.15) is 11.3 Å². The molecule has 0 aliphatic carbocycles. The highest BCUT2D eigenvalue weighted by Crippen LogP contribution is 2.27. The van der Waals surface area contributed by atoms with Gasteiger partial charge < -0.3 is 4.42 Å². The molecule has 1 aromatic carbocycles. The number of nitro groups is 1. The van der Waals surface area contributed by atoms with E-state index in [1.807, 2.05) is 0 Å². The lowest BCUT2D eigenvalue weighted by atomic mass is 10.2. The quantitative estimate of drug-likeness (QED) is 0.534. The van der Waals surface area contributed by atoms with Crippen molar-refractivity contribution in [2.75, 3.05) is 0 Å². The van der Waals surface area contributed by atoms with Crippen LogP contribution in [0, 0.1) is 24.0 Å². The third-order valence-electron chi connectivity index (χ3n) is 3.40. The Morgan fingerprint density at radius 2 is 1.91 bits per heavy atom. The third kappa shape index (κ3) is 2.06. The topological polar surface area (TPSA) is 91.2 Å². The number of rotatable bonds is 2. The zero-order valence-corrected chi connectivity index (χ0v) is 12.4. The lowest BCUT2D eigenvalue weighted by Crippen LogP contribution is -2.04. The minimum Gasteiger partial charge on any atom is -0.402 e. The molecule has 0 spiro atoms. The van der Waals surface area contributed by atoms with E-state index in [-0.39, 0.29) is 16.4 Å². The van der Waals surface area contributed by atoms with Gasteiger partial charge in [0, 0.05) is 12.1 Å². The standard InChI is InChI=1S/C14H10ClN3O4/c1-7-11-8(2)16-17(13(11)22-14(19)12(7)15)9-3-5-10(6-4-9)18(20)21/h3-6H,1-2H3. The van der Waals surface area contributed by atoms with Crippen molar-refractivity contribution in [1.82, 2.24) is 9.78 Å². The highest BCUT2D eigenvalue weighted by molar-refractivity contribution is 6.31. The summed E-state index contributed by atoms with van der Waals surface area (Å²) in [4.78, 5) is 22.0. The molecule has 3 aromatic rings. The van der Waals surface area contributed by atoms with Crippen LogP contribution in [0.25, 0.3) is 16.8 Å². The molecule has 0 fully saturated rings. The molecule has 7 nitrogen and oxygen atoms in total. The van der Waals surface area contributed by atoms with Crippen LogP contribution in [0.2, 0.25) is 5.02 Å². The Hall–Kier alpha value is -2.67. The molecule has 2 aromatic heterocycles. The van der Waals surface area contributed by atoms with Crippen molar-refractivity contribution < 1.29 is 9.34 Å². The summed E-state index contributed by atoms with van der Waals surface area (Å²) < 4.78 is 6.67. The van der Waals surface area contributed by atoms with Gasteiger partial charge in [0.15, 0.2) is 0 Å². The second kappa shape index (κ2) is 4.96. The molecule has 0 aliphatic heterocycles. The van der Waals surface area contributed by atoms with E-state index in [4.69, 9.17) is 16.0 Å². The van der Waals surface area contributed by atoms with E-state index in [1.165, 1.54) is 28.9 Å².